The molecular weight excluding hydrogens is 500 g/mol. The number of nitrogens with zero attached hydrogens (tertiary/aromatic N) is 4. The van der Waals surface area contributed by atoms with Crippen LogP contribution in [0.1, 0.15) is 12.1 Å². The number of pyridine rings is 1. The van der Waals surface area contributed by atoms with Gasteiger partial charge in [-0.1, -0.05) is 6.07 Å². The van der Waals surface area contributed by atoms with E-state index in [2.05, 4.69) is 20.6 Å². The molecular formula is C18H28F3IN6O. The highest BCUT2D eigenvalue weighted by Crippen LogP contribution is 2.19. The molecule has 1 atom stereocenters. The molecule has 1 aromatic rings. The van der Waals surface area contributed by atoms with Crippen molar-refractivity contribution in [2.24, 2.45) is 4.99 Å². The minimum atomic E-state index is -4.19. The number of guanidine groups is 1. The summed E-state index contributed by atoms with van der Waals surface area (Å²) in [4.78, 5) is 23.5. The lowest BCUT2D eigenvalue weighted by molar-refractivity contribution is -0.143. The van der Waals surface area contributed by atoms with Crippen molar-refractivity contribution in [1.82, 2.24) is 25.4 Å². The van der Waals surface area contributed by atoms with Crippen LogP contribution in [0.3, 0.4) is 0 Å². The summed E-state index contributed by atoms with van der Waals surface area (Å²) in [5.41, 5.74) is 0.914. The number of aromatic nitrogens is 1. The van der Waals surface area contributed by atoms with Crippen LogP contribution in [-0.2, 0) is 11.2 Å². The van der Waals surface area contributed by atoms with E-state index in [1.807, 2.05) is 18.2 Å². The van der Waals surface area contributed by atoms with Gasteiger partial charge in [-0.25, -0.2) is 0 Å². The van der Waals surface area contributed by atoms with Gasteiger partial charge in [-0.3, -0.25) is 19.7 Å². The number of likely N-dealkylation sites (tertiary alicyclic amines) is 1. The molecule has 7 nitrogen and oxygen atoms in total. The molecule has 0 aliphatic carbocycles. The van der Waals surface area contributed by atoms with E-state index in [9.17, 15) is 18.0 Å². The molecule has 1 aromatic heterocycles. The van der Waals surface area contributed by atoms with Crippen LogP contribution in [0.4, 0.5) is 13.2 Å². The van der Waals surface area contributed by atoms with Crippen LogP contribution < -0.4 is 10.6 Å². The second-order valence-corrected chi connectivity index (χ2v) is 6.79. The van der Waals surface area contributed by atoms with Crippen molar-refractivity contribution in [2.75, 3.05) is 46.8 Å². The Labute approximate surface area is 186 Å². The zero-order chi connectivity index (χ0) is 20.6. The summed E-state index contributed by atoms with van der Waals surface area (Å²) in [5, 5.41) is 6.01. The largest absolute Gasteiger partial charge is 0.401 e. The molecule has 0 radical (unpaired) electrons. The Bertz CT molecular complexity index is 659. The average Bonchev–Trinajstić information content (AvgIpc) is 3.08. The Hall–Kier alpha value is -1.63. The van der Waals surface area contributed by atoms with E-state index in [-0.39, 0.29) is 49.0 Å². The Morgan fingerprint density at radius 2 is 2.17 bits per heavy atom. The summed E-state index contributed by atoms with van der Waals surface area (Å²) in [5.74, 6) is 0.300. The number of carbonyl (C=O) groups is 1. The molecule has 1 unspecified atom stereocenters. The highest BCUT2D eigenvalue weighted by molar-refractivity contribution is 14.0. The van der Waals surface area contributed by atoms with Crippen molar-refractivity contribution in [1.29, 1.82) is 0 Å². The average molecular weight is 528 g/mol. The van der Waals surface area contributed by atoms with Crippen LogP contribution >= 0.6 is 24.0 Å². The summed E-state index contributed by atoms with van der Waals surface area (Å²) < 4.78 is 37.4. The van der Waals surface area contributed by atoms with E-state index >= 15 is 0 Å². The van der Waals surface area contributed by atoms with Gasteiger partial charge >= 0.3 is 6.18 Å². The number of carbonyl (C=O) groups excluding carboxylic acids is 1. The summed E-state index contributed by atoms with van der Waals surface area (Å²) in [6, 6.07) is 5.52. The quantitative estimate of drug-likeness (QED) is 0.319. The third kappa shape index (κ3) is 9.61. The Morgan fingerprint density at radius 1 is 1.41 bits per heavy atom. The van der Waals surface area contributed by atoms with E-state index in [4.69, 9.17) is 0 Å². The molecule has 2 heterocycles. The fourth-order valence-electron chi connectivity index (χ4n) is 2.98. The van der Waals surface area contributed by atoms with Crippen LogP contribution in [0.15, 0.2) is 29.4 Å². The van der Waals surface area contributed by atoms with E-state index in [1.54, 1.807) is 25.2 Å². The Kier molecular flexibility index (Phi) is 10.6. The smallest absolute Gasteiger partial charge is 0.352 e. The molecule has 1 aliphatic heterocycles. The molecule has 1 saturated heterocycles. The highest BCUT2D eigenvalue weighted by atomic mass is 127. The third-order valence-electron chi connectivity index (χ3n) is 4.50. The number of hydrogen-bond acceptors (Lipinski definition) is 4. The third-order valence-corrected chi connectivity index (χ3v) is 4.50. The molecule has 1 aliphatic rings. The number of amides is 1. The predicted octanol–water partition coefficient (Wildman–Crippen LogP) is 1.50. The van der Waals surface area contributed by atoms with E-state index in [0.29, 0.717) is 31.9 Å². The molecule has 29 heavy (non-hydrogen) atoms. The first kappa shape index (κ1) is 25.4. The monoisotopic (exact) mass is 528 g/mol. The summed E-state index contributed by atoms with van der Waals surface area (Å²) >= 11 is 0. The minimum absolute atomic E-state index is 0. The second-order valence-electron chi connectivity index (χ2n) is 6.79. The molecule has 0 saturated carbocycles. The first-order chi connectivity index (χ1) is 13.3. The minimum Gasteiger partial charge on any atom is -0.352 e. The van der Waals surface area contributed by atoms with Crippen LogP contribution in [0, 0.1) is 0 Å². The van der Waals surface area contributed by atoms with Crippen molar-refractivity contribution >= 4 is 35.8 Å². The van der Waals surface area contributed by atoms with Crippen molar-refractivity contribution in [3.05, 3.63) is 30.1 Å². The van der Waals surface area contributed by atoms with E-state index < -0.39 is 12.7 Å². The van der Waals surface area contributed by atoms with Crippen molar-refractivity contribution in [2.45, 2.75) is 25.1 Å². The lowest BCUT2D eigenvalue weighted by Crippen LogP contribution is -2.48. The zero-order valence-corrected chi connectivity index (χ0v) is 18.9. The first-order valence-corrected chi connectivity index (χ1v) is 9.17. The second kappa shape index (κ2) is 12.2. The van der Waals surface area contributed by atoms with Gasteiger partial charge < -0.3 is 15.5 Å². The van der Waals surface area contributed by atoms with Crippen LogP contribution in [0.2, 0.25) is 0 Å². The number of halogens is 4. The standard InChI is InChI=1S/C18H27F3N6O.HI/c1-22-17(25-15-7-10-27(12-15)13-18(19,20)21)24-11-16(28)26(2)9-6-14-5-3-4-8-23-14;/h3-5,8,15H,6-7,9-13H2,1-2H3,(H2,22,24,25);1H. The topological polar surface area (TPSA) is 72.9 Å². The molecule has 2 N–H and O–H groups in total. The first-order valence-electron chi connectivity index (χ1n) is 9.17. The van der Waals surface area contributed by atoms with E-state index in [0.717, 1.165) is 5.69 Å². The van der Waals surface area contributed by atoms with Gasteiger partial charge in [0.1, 0.15) is 0 Å². The zero-order valence-electron chi connectivity index (χ0n) is 16.6. The van der Waals surface area contributed by atoms with Crippen LogP contribution in [-0.4, -0.2) is 85.7 Å². The van der Waals surface area contributed by atoms with Gasteiger partial charge in [0.2, 0.25) is 5.91 Å². The molecule has 2 rings (SSSR count). The number of aliphatic imine (C=N–C) groups is 1. The van der Waals surface area contributed by atoms with Gasteiger partial charge in [-0.05, 0) is 18.6 Å². The fraction of sp³-hybridized carbons (Fsp3) is 0.611. The number of rotatable bonds is 7. The maximum atomic E-state index is 12.5. The molecule has 1 fully saturated rings. The lowest BCUT2D eigenvalue weighted by Gasteiger charge is -2.21. The SMILES string of the molecule is CN=C(NCC(=O)N(C)CCc1ccccn1)NC1CCN(CC(F)(F)F)C1.I. The predicted molar refractivity (Wildman–Crippen MR) is 116 cm³/mol. The summed E-state index contributed by atoms with van der Waals surface area (Å²) in [7, 11) is 3.28. The molecule has 0 bridgehead atoms. The van der Waals surface area contributed by atoms with E-state index in [1.165, 1.54) is 4.90 Å². The summed E-state index contributed by atoms with van der Waals surface area (Å²) in [6.45, 7) is 0.355. The Morgan fingerprint density at radius 3 is 2.79 bits per heavy atom. The molecule has 11 heteroatoms. The van der Waals surface area contributed by atoms with Gasteiger partial charge in [-0.15, -0.1) is 24.0 Å². The molecule has 0 aromatic carbocycles. The normalized spacial score (nSPS) is 17.6. The van der Waals surface area contributed by atoms with Crippen LogP contribution in [0.5, 0.6) is 0 Å². The van der Waals surface area contributed by atoms with Gasteiger partial charge in [0.25, 0.3) is 0 Å². The maximum absolute atomic E-state index is 12.5. The van der Waals surface area contributed by atoms with Crippen molar-refractivity contribution in [3.8, 4) is 0 Å². The number of likely N-dealkylation sites (N-methyl/N-ethyl adjacent to an activating group) is 1. The van der Waals surface area contributed by atoms with Crippen molar-refractivity contribution in [3.63, 3.8) is 0 Å². The number of hydrogen-bond donors (Lipinski definition) is 2. The highest BCUT2D eigenvalue weighted by Gasteiger charge is 2.34. The molecule has 0 spiro atoms. The fourth-order valence-corrected chi connectivity index (χ4v) is 2.98. The summed E-state index contributed by atoms with van der Waals surface area (Å²) in [6.07, 6.45) is -1.23. The lowest BCUT2D eigenvalue weighted by atomic mass is 10.2. The molecule has 1 amide bonds. The maximum Gasteiger partial charge on any atom is 0.401 e. The van der Waals surface area contributed by atoms with Crippen molar-refractivity contribution < 1.29 is 18.0 Å². The van der Waals surface area contributed by atoms with Gasteiger partial charge in [0.05, 0.1) is 13.1 Å². The molecule has 164 valence electrons. The Balaban J connectivity index is 0.00000420. The number of alkyl halides is 3. The van der Waals surface area contributed by atoms with Crippen LogP contribution in [0.25, 0.3) is 0 Å². The van der Waals surface area contributed by atoms with Gasteiger partial charge in [0.15, 0.2) is 5.96 Å². The van der Waals surface area contributed by atoms with Gasteiger partial charge in [-0.2, -0.15) is 13.2 Å². The number of nitrogens with one attached hydrogen (secondary N) is 2. The van der Waals surface area contributed by atoms with Gasteiger partial charge in [0, 0.05) is 58.1 Å².